The van der Waals surface area contributed by atoms with Crippen molar-refractivity contribution in [1.29, 1.82) is 0 Å². The van der Waals surface area contributed by atoms with Crippen LogP contribution in [0.5, 0.6) is 0 Å². The molecule has 2 rings (SSSR count). The lowest BCUT2D eigenvalue weighted by Gasteiger charge is -1.90. The van der Waals surface area contributed by atoms with Crippen molar-refractivity contribution in [2.24, 2.45) is 0 Å². The Hall–Kier alpha value is -1.84. The molecule has 0 aliphatic rings. The molecule has 0 radical (unpaired) electrons. The molecule has 0 aliphatic carbocycles. The Kier molecular flexibility index (Phi) is 1.55. The van der Waals surface area contributed by atoms with Crippen LogP contribution in [-0.2, 0) is 0 Å². The molecule has 0 bridgehead atoms. The van der Waals surface area contributed by atoms with E-state index in [0.29, 0.717) is 22.4 Å². The highest BCUT2D eigenvalue weighted by Gasteiger charge is 2.11. The number of anilines is 1. The van der Waals surface area contributed by atoms with E-state index >= 15 is 0 Å². The number of hydrogen-bond donors (Lipinski definition) is 1. The number of nitrogens with two attached hydrogens (primary N) is 1. The summed E-state index contributed by atoms with van der Waals surface area (Å²) in [7, 11) is 0. The number of ketones is 1. The molecule has 2 N–H and O–H groups in total. The first-order valence-electron chi connectivity index (χ1n) is 3.84. The Balaban J connectivity index is 2.76. The van der Waals surface area contributed by atoms with Gasteiger partial charge in [0, 0.05) is 18.7 Å². The van der Waals surface area contributed by atoms with Crippen molar-refractivity contribution in [2.45, 2.75) is 6.92 Å². The zero-order valence-electron chi connectivity index (χ0n) is 7.07. The molecule has 0 saturated carbocycles. The average Bonchev–Trinajstić information content (AvgIpc) is 2.46. The molecule has 0 amide bonds. The van der Waals surface area contributed by atoms with Crippen molar-refractivity contribution in [3.63, 3.8) is 0 Å². The van der Waals surface area contributed by atoms with Crippen LogP contribution in [0, 0.1) is 0 Å². The Morgan fingerprint density at radius 1 is 1.54 bits per heavy atom. The second-order valence-corrected chi connectivity index (χ2v) is 2.84. The molecule has 0 aliphatic heterocycles. The lowest BCUT2D eigenvalue weighted by atomic mass is 10.1. The van der Waals surface area contributed by atoms with E-state index < -0.39 is 0 Å². The number of carbonyl (C=O) groups excluding carboxylic acids is 1. The van der Waals surface area contributed by atoms with E-state index in [1.54, 1.807) is 18.2 Å². The van der Waals surface area contributed by atoms with Crippen LogP contribution >= 0.6 is 0 Å². The Bertz CT molecular complexity index is 473. The predicted molar refractivity (Wildman–Crippen MR) is 48.4 cm³/mol. The number of rotatable bonds is 1. The molecule has 1 heterocycles. The number of hydrogen-bond acceptors (Lipinski definition) is 4. The van der Waals surface area contributed by atoms with E-state index in [-0.39, 0.29) is 5.78 Å². The number of nitrogen functional groups attached to an aromatic ring is 1. The molecule has 0 fully saturated rings. The van der Waals surface area contributed by atoms with Crippen LogP contribution in [-0.4, -0.2) is 10.9 Å². The highest BCUT2D eigenvalue weighted by atomic mass is 16.5. The summed E-state index contributed by atoms with van der Waals surface area (Å²) in [6.45, 7) is 1.45. The Morgan fingerprint density at radius 3 is 3.00 bits per heavy atom. The van der Waals surface area contributed by atoms with E-state index in [4.69, 9.17) is 10.3 Å². The molecule has 4 nitrogen and oxygen atoms in total. The first-order valence-corrected chi connectivity index (χ1v) is 3.84. The smallest absolute Gasteiger partial charge is 0.182 e. The van der Waals surface area contributed by atoms with Crippen molar-refractivity contribution in [2.75, 3.05) is 5.73 Å². The highest BCUT2D eigenvalue weighted by molar-refractivity contribution is 6.04. The summed E-state index contributed by atoms with van der Waals surface area (Å²) in [6.07, 6.45) is 0. The number of benzene rings is 1. The van der Waals surface area contributed by atoms with Crippen LogP contribution in [0.3, 0.4) is 0 Å². The Labute approximate surface area is 74.3 Å². The van der Waals surface area contributed by atoms with Gasteiger partial charge < -0.3 is 10.3 Å². The molecule has 13 heavy (non-hydrogen) atoms. The third kappa shape index (κ3) is 1.16. The zero-order chi connectivity index (χ0) is 9.42. The van der Waals surface area contributed by atoms with E-state index in [1.807, 2.05) is 0 Å². The summed E-state index contributed by atoms with van der Waals surface area (Å²) in [4.78, 5) is 11.1. The maximum absolute atomic E-state index is 11.1. The summed E-state index contributed by atoms with van der Waals surface area (Å²) >= 11 is 0. The van der Waals surface area contributed by atoms with Crippen molar-refractivity contribution in [1.82, 2.24) is 5.16 Å². The SMILES string of the molecule is CC(=O)c1noc2cc(N)ccc12. The van der Waals surface area contributed by atoms with Gasteiger partial charge in [-0.15, -0.1) is 0 Å². The van der Waals surface area contributed by atoms with Crippen LogP contribution in [0.25, 0.3) is 11.0 Å². The lowest BCUT2D eigenvalue weighted by Crippen LogP contribution is -1.91. The summed E-state index contributed by atoms with van der Waals surface area (Å²) < 4.78 is 4.94. The summed E-state index contributed by atoms with van der Waals surface area (Å²) in [6, 6.07) is 5.10. The van der Waals surface area contributed by atoms with Crippen molar-refractivity contribution in [3.8, 4) is 0 Å². The van der Waals surface area contributed by atoms with Gasteiger partial charge in [0.2, 0.25) is 0 Å². The van der Waals surface area contributed by atoms with E-state index in [2.05, 4.69) is 5.16 Å². The first kappa shape index (κ1) is 7.79. The lowest BCUT2D eigenvalue weighted by molar-refractivity contribution is 0.101. The molecular weight excluding hydrogens is 168 g/mol. The van der Waals surface area contributed by atoms with Crippen LogP contribution in [0.2, 0.25) is 0 Å². The van der Waals surface area contributed by atoms with Gasteiger partial charge in [0.1, 0.15) is 0 Å². The maximum Gasteiger partial charge on any atom is 0.182 e. The second-order valence-electron chi connectivity index (χ2n) is 2.84. The molecular formula is C9H8N2O2. The van der Waals surface area contributed by atoms with Crippen molar-refractivity contribution < 1.29 is 9.32 Å². The van der Waals surface area contributed by atoms with Gasteiger partial charge in [-0.2, -0.15) is 0 Å². The minimum atomic E-state index is -0.108. The molecule has 1 aromatic heterocycles. The van der Waals surface area contributed by atoms with Crippen molar-refractivity contribution >= 4 is 22.4 Å². The standard InChI is InChI=1S/C9H8N2O2/c1-5(12)9-7-3-2-6(10)4-8(7)13-11-9/h2-4H,10H2,1H3. The minimum absolute atomic E-state index is 0.108. The number of fused-ring (bicyclic) bond motifs is 1. The van der Waals surface area contributed by atoms with E-state index in [0.717, 1.165) is 0 Å². The second kappa shape index (κ2) is 2.58. The zero-order valence-corrected chi connectivity index (χ0v) is 7.07. The fourth-order valence-electron chi connectivity index (χ4n) is 1.21. The third-order valence-electron chi connectivity index (χ3n) is 1.83. The Morgan fingerprint density at radius 2 is 2.31 bits per heavy atom. The quantitative estimate of drug-likeness (QED) is 0.529. The monoisotopic (exact) mass is 176 g/mol. The molecule has 1 aromatic carbocycles. The van der Waals surface area contributed by atoms with Crippen LogP contribution < -0.4 is 5.73 Å². The summed E-state index contributed by atoms with van der Waals surface area (Å²) in [5, 5.41) is 4.37. The molecule has 66 valence electrons. The van der Waals surface area contributed by atoms with Gasteiger partial charge in [-0.25, -0.2) is 0 Å². The van der Waals surface area contributed by atoms with Crippen LogP contribution in [0.15, 0.2) is 22.7 Å². The van der Waals surface area contributed by atoms with Gasteiger partial charge in [0.05, 0.1) is 5.39 Å². The first-order chi connectivity index (χ1) is 6.18. The number of carbonyl (C=O) groups is 1. The third-order valence-corrected chi connectivity index (χ3v) is 1.83. The van der Waals surface area contributed by atoms with E-state index in [9.17, 15) is 4.79 Å². The van der Waals surface area contributed by atoms with Crippen LogP contribution in [0.4, 0.5) is 5.69 Å². The predicted octanol–water partition coefficient (Wildman–Crippen LogP) is 1.61. The maximum atomic E-state index is 11.1. The minimum Gasteiger partial charge on any atom is -0.399 e. The molecule has 0 saturated heterocycles. The topological polar surface area (TPSA) is 69.1 Å². The average molecular weight is 176 g/mol. The van der Waals surface area contributed by atoms with Gasteiger partial charge in [-0.1, -0.05) is 5.16 Å². The van der Waals surface area contributed by atoms with E-state index in [1.165, 1.54) is 6.92 Å². The molecule has 0 spiro atoms. The largest absolute Gasteiger partial charge is 0.399 e. The normalized spacial score (nSPS) is 10.5. The fourth-order valence-corrected chi connectivity index (χ4v) is 1.21. The number of aromatic nitrogens is 1. The fraction of sp³-hybridized carbons (Fsp3) is 0.111. The summed E-state index contributed by atoms with van der Waals surface area (Å²) in [5.74, 6) is -0.108. The van der Waals surface area contributed by atoms with Gasteiger partial charge in [0.15, 0.2) is 17.1 Å². The molecule has 2 aromatic rings. The van der Waals surface area contributed by atoms with Crippen LogP contribution in [0.1, 0.15) is 17.4 Å². The molecule has 0 atom stereocenters. The number of nitrogens with zero attached hydrogens (tertiary/aromatic N) is 1. The van der Waals surface area contributed by atoms with Crippen molar-refractivity contribution in [3.05, 3.63) is 23.9 Å². The molecule has 4 heteroatoms. The van der Waals surface area contributed by atoms with Gasteiger partial charge in [-0.05, 0) is 12.1 Å². The van der Waals surface area contributed by atoms with Gasteiger partial charge in [-0.3, -0.25) is 4.79 Å². The summed E-state index contributed by atoms with van der Waals surface area (Å²) in [5.41, 5.74) is 7.04. The molecule has 0 unspecified atom stereocenters. The number of Topliss-reactive ketones (excluding diaryl/α,β-unsaturated/α-hetero) is 1. The van der Waals surface area contributed by atoms with Gasteiger partial charge >= 0.3 is 0 Å². The highest BCUT2D eigenvalue weighted by Crippen LogP contribution is 2.20. The van der Waals surface area contributed by atoms with Gasteiger partial charge in [0.25, 0.3) is 0 Å².